The maximum atomic E-state index is 14.0. The second-order valence-electron chi connectivity index (χ2n) is 9.53. The molecular formula is C33H28Cl2N2O5S. The van der Waals surface area contributed by atoms with Gasteiger partial charge < -0.3 is 14.2 Å². The Hall–Kier alpha value is -4.11. The lowest BCUT2D eigenvalue weighted by Gasteiger charge is -2.24. The summed E-state index contributed by atoms with van der Waals surface area (Å²) in [6.07, 6.45) is 3.43. The first kappa shape index (κ1) is 30.4. The molecule has 1 aliphatic rings. The number of carbonyl (C=O) groups is 1. The molecular weight excluding hydrogens is 607 g/mol. The van der Waals surface area contributed by atoms with Gasteiger partial charge in [0.1, 0.15) is 24.7 Å². The number of ether oxygens (including phenoxy) is 3. The normalized spacial score (nSPS) is 14.6. The van der Waals surface area contributed by atoms with Crippen molar-refractivity contribution in [2.75, 3.05) is 13.2 Å². The number of fused-ring (bicyclic) bond motifs is 1. The first-order valence-electron chi connectivity index (χ1n) is 13.5. The fraction of sp³-hybridized carbons (Fsp3) is 0.182. The number of halogens is 2. The molecule has 0 N–H and O–H groups in total. The zero-order chi connectivity index (χ0) is 30.5. The van der Waals surface area contributed by atoms with Crippen molar-refractivity contribution in [3.05, 3.63) is 137 Å². The van der Waals surface area contributed by atoms with Crippen LogP contribution < -0.4 is 24.4 Å². The Balaban J connectivity index is 1.57. The van der Waals surface area contributed by atoms with Crippen LogP contribution in [-0.2, 0) is 16.1 Å². The number of rotatable bonds is 10. The van der Waals surface area contributed by atoms with Gasteiger partial charge in [-0.3, -0.25) is 9.36 Å². The number of nitrogens with zero attached hydrogens (tertiary/aromatic N) is 2. The summed E-state index contributed by atoms with van der Waals surface area (Å²) in [7, 11) is 0. The van der Waals surface area contributed by atoms with E-state index in [1.54, 1.807) is 54.8 Å². The van der Waals surface area contributed by atoms with Gasteiger partial charge in [-0.1, -0.05) is 83.6 Å². The highest BCUT2D eigenvalue weighted by Gasteiger charge is 2.33. The SMILES string of the molecule is C=CCOc1ccc([C@@H]2C(C(=O)OCC)=C(C)N=c3s/c(=C/c4ccccc4OCc4ccc(Cl)cc4Cl)c(=O)n32)cc1. The lowest BCUT2D eigenvalue weighted by Crippen LogP contribution is -2.39. The van der Waals surface area contributed by atoms with Crippen molar-refractivity contribution in [3.8, 4) is 11.5 Å². The summed E-state index contributed by atoms with van der Waals surface area (Å²) in [6.45, 7) is 7.94. The molecule has 0 bridgehead atoms. The highest BCUT2D eigenvalue weighted by molar-refractivity contribution is 7.07. The summed E-state index contributed by atoms with van der Waals surface area (Å²) < 4.78 is 19.1. The van der Waals surface area contributed by atoms with Gasteiger partial charge in [0.05, 0.1) is 28.5 Å². The fourth-order valence-corrected chi connectivity index (χ4v) is 6.18. The van der Waals surface area contributed by atoms with Gasteiger partial charge in [0, 0.05) is 21.2 Å². The van der Waals surface area contributed by atoms with Crippen LogP contribution in [0.15, 0.2) is 100 Å². The lowest BCUT2D eigenvalue weighted by molar-refractivity contribution is -0.139. The molecule has 1 aliphatic heterocycles. The van der Waals surface area contributed by atoms with Crippen molar-refractivity contribution < 1.29 is 19.0 Å². The van der Waals surface area contributed by atoms with Crippen LogP contribution in [0.2, 0.25) is 10.0 Å². The van der Waals surface area contributed by atoms with Crippen molar-refractivity contribution in [2.24, 2.45) is 4.99 Å². The van der Waals surface area contributed by atoms with Gasteiger partial charge in [-0.2, -0.15) is 0 Å². The number of hydrogen-bond acceptors (Lipinski definition) is 7. The van der Waals surface area contributed by atoms with Gasteiger partial charge in [-0.05, 0) is 55.8 Å². The van der Waals surface area contributed by atoms with Crippen molar-refractivity contribution in [1.29, 1.82) is 0 Å². The van der Waals surface area contributed by atoms with E-state index in [0.29, 0.717) is 54.3 Å². The van der Waals surface area contributed by atoms with E-state index in [-0.39, 0.29) is 18.8 Å². The molecule has 220 valence electrons. The number of allylic oxidation sites excluding steroid dienone is 1. The number of thiazole rings is 1. The van der Waals surface area contributed by atoms with E-state index in [4.69, 9.17) is 37.4 Å². The number of hydrogen-bond donors (Lipinski definition) is 0. The van der Waals surface area contributed by atoms with E-state index >= 15 is 0 Å². The minimum atomic E-state index is -0.732. The molecule has 0 radical (unpaired) electrons. The zero-order valence-corrected chi connectivity index (χ0v) is 25.8. The predicted molar refractivity (Wildman–Crippen MR) is 170 cm³/mol. The molecule has 7 nitrogen and oxygen atoms in total. The topological polar surface area (TPSA) is 79.1 Å². The van der Waals surface area contributed by atoms with Gasteiger partial charge in [0.25, 0.3) is 5.56 Å². The van der Waals surface area contributed by atoms with Gasteiger partial charge >= 0.3 is 5.97 Å². The zero-order valence-electron chi connectivity index (χ0n) is 23.5. The molecule has 0 spiro atoms. The molecule has 43 heavy (non-hydrogen) atoms. The third-order valence-electron chi connectivity index (χ3n) is 6.68. The Labute approximate surface area is 262 Å². The van der Waals surface area contributed by atoms with Crippen LogP contribution in [0.5, 0.6) is 11.5 Å². The van der Waals surface area contributed by atoms with E-state index in [9.17, 15) is 9.59 Å². The molecule has 5 rings (SSSR count). The molecule has 2 heterocycles. The summed E-state index contributed by atoms with van der Waals surface area (Å²) in [5, 5.41) is 1.05. The Morgan fingerprint density at radius 3 is 2.58 bits per heavy atom. The first-order chi connectivity index (χ1) is 20.8. The van der Waals surface area contributed by atoms with Crippen LogP contribution in [0.1, 0.15) is 36.6 Å². The average Bonchev–Trinajstić information content (AvgIpc) is 3.29. The number of benzene rings is 3. The standard InChI is InChI=1S/C33H28Cl2N2O5S/c1-4-16-41-25-14-11-21(12-15-25)30-29(32(39)40-5-2)20(3)36-33-37(30)31(38)28(43-33)17-22-8-6-7-9-27(22)42-19-23-10-13-24(34)18-26(23)35/h4,6-15,17-18,30H,1,5,16,19H2,2-3H3/b28-17+/t30-/m1/s1. The Kier molecular flexibility index (Phi) is 9.50. The minimum absolute atomic E-state index is 0.194. The molecule has 0 amide bonds. The molecule has 4 aromatic rings. The monoisotopic (exact) mass is 634 g/mol. The largest absolute Gasteiger partial charge is 0.490 e. The first-order valence-corrected chi connectivity index (χ1v) is 15.1. The second-order valence-corrected chi connectivity index (χ2v) is 11.4. The quantitative estimate of drug-likeness (QED) is 0.152. The molecule has 0 aliphatic carbocycles. The van der Waals surface area contributed by atoms with E-state index in [1.165, 1.54) is 11.3 Å². The Morgan fingerprint density at radius 2 is 1.86 bits per heavy atom. The van der Waals surface area contributed by atoms with Crippen LogP contribution in [-0.4, -0.2) is 23.8 Å². The van der Waals surface area contributed by atoms with E-state index < -0.39 is 12.0 Å². The molecule has 0 saturated heterocycles. The van der Waals surface area contributed by atoms with Crippen LogP contribution in [0, 0.1) is 0 Å². The Morgan fingerprint density at radius 1 is 1.09 bits per heavy atom. The van der Waals surface area contributed by atoms with Crippen LogP contribution in [0.3, 0.4) is 0 Å². The summed E-state index contributed by atoms with van der Waals surface area (Å²) in [5.41, 5.74) is 2.73. The molecule has 0 fully saturated rings. The van der Waals surface area contributed by atoms with Crippen molar-refractivity contribution in [3.63, 3.8) is 0 Å². The molecule has 0 saturated carbocycles. The molecule has 1 atom stereocenters. The van der Waals surface area contributed by atoms with Crippen LogP contribution in [0.25, 0.3) is 6.08 Å². The van der Waals surface area contributed by atoms with Gasteiger partial charge in [-0.15, -0.1) is 0 Å². The number of esters is 1. The Bertz CT molecular complexity index is 1890. The maximum absolute atomic E-state index is 14.0. The second kappa shape index (κ2) is 13.5. The van der Waals surface area contributed by atoms with Crippen molar-refractivity contribution >= 4 is 46.6 Å². The summed E-state index contributed by atoms with van der Waals surface area (Å²) in [6, 6.07) is 19.2. The number of para-hydroxylation sites is 1. The highest BCUT2D eigenvalue weighted by atomic mass is 35.5. The molecule has 3 aromatic carbocycles. The minimum Gasteiger partial charge on any atom is -0.490 e. The van der Waals surface area contributed by atoms with Gasteiger partial charge in [0.15, 0.2) is 4.80 Å². The van der Waals surface area contributed by atoms with Crippen LogP contribution in [0.4, 0.5) is 0 Å². The number of carbonyl (C=O) groups excluding carboxylic acids is 1. The molecule has 10 heteroatoms. The third-order valence-corrected chi connectivity index (χ3v) is 8.25. The fourth-order valence-electron chi connectivity index (χ4n) is 4.68. The van der Waals surface area contributed by atoms with E-state index in [1.807, 2.05) is 42.5 Å². The lowest BCUT2D eigenvalue weighted by atomic mass is 9.96. The van der Waals surface area contributed by atoms with Crippen molar-refractivity contribution in [1.82, 2.24) is 4.57 Å². The van der Waals surface area contributed by atoms with Gasteiger partial charge in [0.2, 0.25) is 0 Å². The van der Waals surface area contributed by atoms with Gasteiger partial charge in [-0.25, -0.2) is 9.79 Å². The summed E-state index contributed by atoms with van der Waals surface area (Å²) in [5.74, 6) is 0.704. The smallest absolute Gasteiger partial charge is 0.338 e. The number of aromatic nitrogens is 1. The van der Waals surface area contributed by atoms with E-state index in [2.05, 4.69) is 11.6 Å². The summed E-state index contributed by atoms with van der Waals surface area (Å²) in [4.78, 5) is 32.3. The highest BCUT2D eigenvalue weighted by Crippen LogP contribution is 2.32. The molecule has 0 unspecified atom stereocenters. The average molecular weight is 636 g/mol. The maximum Gasteiger partial charge on any atom is 0.338 e. The molecule has 1 aromatic heterocycles. The van der Waals surface area contributed by atoms with Crippen molar-refractivity contribution in [2.45, 2.75) is 26.5 Å². The van der Waals surface area contributed by atoms with E-state index in [0.717, 1.165) is 11.1 Å². The predicted octanol–water partition coefficient (Wildman–Crippen LogP) is 6.25. The third kappa shape index (κ3) is 6.62. The summed E-state index contributed by atoms with van der Waals surface area (Å²) >= 11 is 13.6. The van der Waals surface area contributed by atoms with Crippen LogP contribution >= 0.6 is 34.5 Å².